The van der Waals surface area contributed by atoms with Crippen molar-refractivity contribution in [1.29, 1.82) is 0 Å². The molecule has 0 bridgehead atoms. The quantitative estimate of drug-likeness (QED) is 0.884. The summed E-state index contributed by atoms with van der Waals surface area (Å²) in [5.41, 5.74) is 1.50. The summed E-state index contributed by atoms with van der Waals surface area (Å²) in [6, 6.07) is 8.24. The summed E-state index contributed by atoms with van der Waals surface area (Å²) in [7, 11) is 3.08. The fourth-order valence-corrected chi connectivity index (χ4v) is 2.04. The first kappa shape index (κ1) is 16.7. The highest BCUT2D eigenvalue weighted by molar-refractivity contribution is 6.05. The van der Waals surface area contributed by atoms with E-state index in [0.717, 1.165) is 5.69 Å². The fourth-order valence-electron chi connectivity index (χ4n) is 2.04. The van der Waals surface area contributed by atoms with Crippen LogP contribution in [-0.2, 0) is 17.2 Å². The van der Waals surface area contributed by atoms with E-state index in [1.54, 1.807) is 29.9 Å². The lowest BCUT2D eigenvalue weighted by Gasteiger charge is -2.13. The van der Waals surface area contributed by atoms with E-state index in [2.05, 4.69) is 35.9 Å². The average molecular weight is 315 g/mol. The van der Waals surface area contributed by atoms with Gasteiger partial charge in [0.05, 0.1) is 18.4 Å². The molecule has 1 heterocycles. The molecule has 6 heteroatoms. The van der Waals surface area contributed by atoms with E-state index in [1.165, 1.54) is 13.2 Å². The number of nitrogens with one attached hydrogen (secondary N) is 1. The Kier molecular flexibility index (Phi) is 4.54. The van der Waals surface area contributed by atoms with Gasteiger partial charge in [0.25, 0.3) is 5.91 Å². The number of amides is 1. The van der Waals surface area contributed by atoms with Gasteiger partial charge in [0, 0.05) is 24.1 Å². The Morgan fingerprint density at radius 1 is 1.17 bits per heavy atom. The van der Waals surface area contributed by atoms with E-state index in [4.69, 9.17) is 0 Å². The first-order valence-electron chi connectivity index (χ1n) is 7.26. The van der Waals surface area contributed by atoms with Gasteiger partial charge in [-0.05, 0) is 18.2 Å². The molecular weight excluding hydrogens is 294 g/mol. The van der Waals surface area contributed by atoms with Gasteiger partial charge in [0.2, 0.25) is 0 Å². The Hall–Kier alpha value is -2.63. The molecule has 2 rings (SSSR count). The monoisotopic (exact) mass is 315 g/mol. The van der Waals surface area contributed by atoms with E-state index < -0.39 is 5.97 Å². The third-order valence-electron chi connectivity index (χ3n) is 3.44. The molecule has 0 aliphatic rings. The molecule has 1 amide bonds. The maximum Gasteiger partial charge on any atom is 0.337 e. The van der Waals surface area contributed by atoms with Crippen LogP contribution in [0, 0.1) is 0 Å². The van der Waals surface area contributed by atoms with Crippen molar-refractivity contribution in [2.45, 2.75) is 26.2 Å². The minimum Gasteiger partial charge on any atom is -0.465 e. The highest BCUT2D eigenvalue weighted by atomic mass is 16.5. The molecule has 23 heavy (non-hydrogen) atoms. The van der Waals surface area contributed by atoms with Crippen molar-refractivity contribution >= 4 is 17.7 Å². The molecule has 122 valence electrons. The van der Waals surface area contributed by atoms with Gasteiger partial charge in [-0.25, -0.2) is 4.79 Å². The van der Waals surface area contributed by atoms with Crippen LogP contribution in [0.15, 0.2) is 30.3 Å². The van der Waals surface area contributed by atoms with Crippen LogP contribution in [0.5, 0.6) is 0 Å². The number of hydrogen-bond donors (Lipinski definition) is 1. The van der Waals surface area contributed by atoms with Crippen molar-refractivity contribution in [3.05, 3.63) is 47.2 Å². The molecule has 0 atom stereocenters. The van der Waals surface area contributed by atoms with E-state index in [0.29, 0.717) is 16.9 Å². The molecule has 2 aromatic rings. The molecule has 0 radical (unpaired) electrons. The predicted molar refractivity (Wildman–Crippen MR) is 87.6 cm³/mol. The second-order valence-corrected chi connectivity index (χ2v) is 6.31. The van der Waals surface area contributed by atoms with Crippen molar-refractivity contribution in [2.75, 3.05) is 12.4 Å². The van der Waals surface area contributed by atoms with Gasteiger partial charge in [0.15, 0.2) is 0 Å². The zero-order valence-corrected chi connectivity index (χ0v) is 14.0. The first-order chi connectivity index (χ1) is 10.7. The van der Waals surface area contributed by atoms with E-state index >= 15 is 0 Å². The molecule has 0 fully saturated rings. The highest BCUT2D eigenvalue weighted by Crippen LogP contribution is 2.23. The SMILES string of the molecule is COC(=O)c1cccc(C(=O)Nc2cc(C(C)(C)C)nn2C)c1. The predicted octanol–water partition coefficient (Wildman–Crippen LogP) is 2.76. The molecule has 1 N–H and O–H groups in total. The first-order valence-corrected chi connectivity index (χ1v) is 7.26. The van der Waals surface area contributed by atoms with Crippen molar-refractivity contribution in [1.82, 2.24) is 9.78 Å². The number of carbonyl (C=O) groups excluding carboxylic acids is 2. The van der Waals surface area contributed by atoms with E-state index in [1.807, 2.05) is 6.07 Å². The molecule has 6 nitrogen and oxygen atoms in total. The topological polar surface area (TPSA) is 73.2 Å². The van der Waals surface area contributed by atoms with Crippen LogP contribution in [0.4, 0.5) is 5.82 Å². The number of aromatic nitrogens is 2. The molecule has 0 aliphatic carbocycles. The molecule has 0 saturated carbocycles. The molecule has 1 aromatic carbocycles. The van der Waals surface area contributed by atoms with Gasteiger partial charge in [0.1, 0.15) is 5.82 Å². The van der Waals surface area contributed by atoms with Crippen LogP contribution in [0.2, 0.25) is 0 Å². The van der Waals surface area contributed by atoms with Crippen LogP contribution in [0.25, 0.3) is 0 Å². The maximum absolute atomic E-state index is 12.4. The summed E-state index contributed by atoms with van der Waals surface area (Å²) in [6.45, 7) is 6.17. The summed E-state index contributed by atoms with van der Waals surface area (Å²) >= 11 is 0. The number of ether oxygens (including phenoxy) is 1. The van der Waals surface area contributed by atoms with Crippen molar-refractivity contribution < 1.29 is 14.3 Å². The maximum atomic E-state index is 12.4. The van der Waals surface area contributed by atoms with Crippen molar-refractivity contribution in [3.63, 3.8) is 0 Å². The average Bonchev–Trinajstić information content (AvgIpc) is 2.88. The van der Waals surface area contributed by atoms with Crippen molar-refractivity contribution in [3.8, 4) is 0 Å². The highest BCUT2D eigenvalue weighted by Gasteiger charge is 2.20. The minimum atomic E-state index is -0.477. The van der Waals surface area contributed by atoms with Gasteiger partial charge >= 0.3 is 5.97 Å². The summed E-state index contributed by atoms with van der Waals surface area (Å²) in [4.78, 5) is 23.9. The second-order valence-electron chi connectivity index (χ2n) is 6.31. The largest absolute Gasteiger partial charge is 0.465 e. The third-order valence-corrected chi connectivity index (χ3v) is 3.44. The number of hydrogen-bond acceptors (Lipinski definition) is 4. The van der Waals surface area contributed by atoms with Crippen LogP contribution in [0.3, 0.4) is 0 Å². The fraction of sp³-hybridized carbons (Fsp3) is 0.353. The van der Waals surface area contributed by atoms with Gasteiger partial charge in [-0.1, -0.05) is 26.8 Å². The van der Waals surface area contributed by atoms with Gasteiger partial charge < -0.3 is 10.1 Å². The minimum absolute atomic E-state index is 0.106. The van der Waals surface area contributed by atoms with Crippen LogP contribution in [-0.4, -0.2) is 28.8 Å². The number of carbonyl (C=O) groups is 2. The summed E-state index contributed by atoms with van der Waals surface area (Å²) < 4.78 is 6.29. The normalized spacial score (nSPS) is 11.2. The number of benzene rings is 1. The Bertz CT molecular complexity index is 742. The second kappa shape index (κ2) is 6.24. The van der Waals surface area contributed by atoms with Crippen molar-refractivity contribution in [2.24, 2.45) is 7.05 Å². The van der Waals surface area contributed by atoms with Gasteiger partial charge in [-0.15, -0.1) is 0 Å². The number of methoxy groups -OCH3 is 1. The molecule has 0 spiro atoms. The van der Waals surface area contributed by atoms with E-state index in [9.17, 15) is 9.59 Å². The Morgan fingerprint density at radius 3 is 2.39 bits per heavy atom. The number of anilines is 1. The standard InChI is InChI=1S/C17H21N3O3/c1-17(2,3)13-10-14(20(4)19-13)18-15(21)11-7-6-8-12(9-11)16(22)23-5/h6-10H,1-5H3,(H,18,21). The Labute approximate surface area is 135 Å². The van der Waals surface area contributed by atoms with Crippen LogP contribution >= 0.6 is 0 Å². The zero-order chi connectivity index (χ0) is 17.2. The Balaban J connectivity index is 2.23. The van der Waals surface area contributed by atoms with Gasteiger partial charge in [-0.3, -0.25) is 9.48 Å². The molecular formula is C17H21N3O3. The molecule has 0 aliphatic heterocycles. The molecule has 0 saturated heterocycles. The van der Waals surface area contributed by atoms with Gasteiger partial charge in [-0.2, -0.15) is 5.10 Å². The lowest BCUT2D eigenvalue weighted by molar-refractivity contribution is 0.0600. The molecule has 1 aromatic heterocycles. The Morgan fingerprint density at radius 2 is 1.83 bits per heavy atom. The summed E-state index contributed by atoms with van der Waals surface area (Å²) in [6.07, 6.45) is 0. The summed E-state index contributed by atoms with van der Waals surface area (Å²) in [5.74, 6) is -0.183. The lowest BCUT2D eigenvalue weighted by atomic mass is 9.92. The van der Waals surface area contributed by atoms with Crippen LogP contribution in [0.1, 0.15) is 47.2 Å². The summed E-state index contributed by atoms with van der Waals surface area (Å²) in [5, 5.41) is 7.23. The van der Waals surface area contributed by atoms with E-state index in [-0.39, 0.29) is 11.3 Å². The third kappa shape index (κ3) is 3.77. The number of rotatable bonds is 3. The number of esters is 1. The van der Waals surface area contributed by atoms with Crippen LogP contribution < -0.4 is 5.32 Å². The molecule has 0 unspecified atom stereocenters. The number of nitrogens with zero attached hydrogens (tertiary/aromatic N) is 2. The smallest absolute Gasteiger partial charge is 0.337 e. The zero-order valence-electron chi connectivity index (χ0n) is 14.0. The lowest BCUT2D eigenvalue weighted by Crippen LogP contribution is -2.15. The number of aryl methyl sites for hydroxylation is 1.